The molecular formula is C10H14O6. The number of ether oxygens (including phenoxy) is 1. The lowest BCUT2D eigenvalue weighted by atomic mass is 10.2. The molecule has 0 bridgehead atoms. The number of carbonyl (C=O) groups excluding carboxylic acids is 1. The van der Waals surface area contributed by atoms with Gasteiger partial charge in [-0.15, -0.1) is 0 Å². The van der Waals surface area contributed by atoms with Gasteiger partial charge >= 0.3 is 11.9 Å². The number of carboxylic acid groups (broad SMARTS) is 2. The Bertz CT molecular complexity index is 306. The third-order valence-electron chi connectivity index (χ3n) is 1.76. The summed E-state index contributed by atoms with van der Waals surface area (Å²) < 4.78 is 4.79. The van der Waals surface area contributed by atoms with Crippen LogP contribution >= 0.6 is 0 Å². The lowest BCUT2D eigenvalue weighted by molar-refractivity contribution is -0.157. The van der Waals surface area contributed by atoms with Gasteiger partial charge in [0.25, 0.3) is 0 Å². The number of allylic oxidation sites excluding steroid dienone is 1. The molecule has 0 spiro atoms. The average molecular weight is 230 g/mol. The minimum Gasteiger partial charge on any atom is -0.481 e. The Kier molecular flexibility index (Phi) is 6.02. The van der Waals surface area contributed by atoms with E-state index in [1.807, 2.05) is 0 Å². The lowest BCUT2D eigenvalue weighted by Gasteiger charge is -2.10. The van der Waals surface area contributed by atoms with E-state index in [0.717, 1.165) is 0 Å². The molecule has 0 aliphatic carbocycles. The Morgan fingerprint density at radius 2 is 1.88 bits per heavy atom. The van der Waals surface area contributed by atoms with Crippen molar-refractivity contribution in [3.8, 4) is 0 Å². The van der Waals surface area contributed by atoms with Gasteiger partial charge in [0.1, 0.15) is 0 Å². The number of hydrogen-bond donors (Lipinski definition) is 2. The van der Waals surface area contributed by atoms with E-state index in [4.69, 9.17) is 14.9 Å². The summed E-state index contributed by atoms with van der Waals surface area (Å²) in [5, 5.41) is 17.0. The van der Waals surface area contributed by atoms with Gasteiger partial charge in [-0.1, -0.05) is 6.58 Å². The van der Waals surface area contributed by atoms with Crippen molar-refractivity contribution in [3.63, 3.8) is 0 Å². The summed E-state index contributed by atoms with van der Waals surface area (Å²) in [5.41, 5.74) is 0.355. The van der Waals surface area contributed by atoms with Gasteiger partial charge in [0, 0.05) is 6.42 Å². The molecule has 0 aromatic rings. The van der Waals surface area contributed by atoms with Gasteiger partial charge < -0.3 is 14.9 Å². The Hall–Kier alpha value is -1.69. The Balaban J connectivity index is 4.03. The van der Waals surface area contributed by atoms with Crippen LogP contribution in [-0.4, -0.2) is 40.6 Å². The highest BCUT2D eigenvalue weighted by molar-refractivity contribution is 5.94. The van der Waals surface area contributed by atoms with Crippen LogP contribution in [0, 0.1) is 0 Å². The molecule has 0 aliphatic heterocycles. The van der Waals surface area contributed by atoms with Gasteiger partial charge in [-0.05, 0) is 12.5 Å². The number of ketones is 1. The zero-order chi connectivity index (χ0) is 12.7. The van der Waals surface area contributed by atoms with Crippen molar-refractivity contribution in [3.05, 3.63) is 12.2 Å². The first kappa shape index (κ1) is 14.3. The maximum absolute atomic E-state index is 11.1. The summed E-state index contributed by atoms with van der Waals surface area (Å²) in [6, 6.07) is 0. The van der Waals surface area contributed by atoms with Gasteiger partial charge in [0.05, 0.1) is 13.0 Å². The van der Waals surface area contributed by atoms with E-state index in [1.54, 1.807) is 0 Å². The summed E-state index contributed by atoms with van der Waals surface area (Å²) in [6.07, 6.45) is -2.05. The summed E-state index contributed by atoms with van der Waals surface area (Å²) in [4.78, 5) is 31.9. The first-order valence-corrected chi connectivity index (χ1v) is 4.59. The van der Waals surface area contributed by atoms with E-state index in [-0.39, 0.29) is 18.8 Å². The van der Waals surface area contributed by atoms with Crippen LogP contribution in [0.5, 0.6) is 0 Å². The molecule has 0 aromatic heterocycles. The van der Waals surface area contributed by atoms with E-state index < -0.39 is 24.5 Å². The van der Waals surface area contributed by atoms with Crippen LogP contribution in [0.25, 0.3) is 0 Å². The molecule has 0 heterocycles. The van der Waals surface area contributed by atoms with E-state index in [9.17, 15) is 14.4 Å². The zero-order valence-electron chi connectivity index (χ0n) is 8.93. The molecule has 90 valence electrons. The molecule has 0 fully saturated rings. The number of carboxylic acids is 2. The molecule has 2 N–H and O–H groups in total. The maximum atomic E-state index is 11.1. The molecule has 16 heavy (non-hydrogen) atoms. The van der Waals surface area contributed by atoms with E-state index in [2.05, 4.69) is 6.58 Å². The lowest BCUT2D eigenvalue weighted by Crippen LogP contribution is -2.27. The van der Waals surface area contributed by atoms with E-state index >= 15 is 0 Å². The molecule has 0 radical (unpaired) electrons. The van der Waals surface area contributed by atoms with Crippen LogP contribution in [-0.2, 0) is 19.1 Å². The highest BCUT2D eigenvalue weighted by Gasteiger charge is 2.21. The molecule has 0 saturated heterocycles. The second kappa shape index (κ2) is 6.73. The molecule has 6 nitrogen and oxygen atoms in total. The molecule has 0 aromatic carbocycles. The molecular weight excluding hydrogens is 216 g/mol. The molecule has 0 amide bonds. The fourth-order valence-corrected chi connectivity index (χ4v) is 0.883. The molecule has 6 heteroatoms. The molecule has 1 atom stereocenters. The van der Waals surface area contributed by atoms with Crippen LogP contribution < -0.4 is 0 Å². The zero-order valence-corrected chi connectivity index (χ0v) is 8.93. The number of rotatable bonds is 8. The predicted molar refractivity (Wildman–Crippen MR) is 54.1 cm³/mol. The predicted octanol–water partition coefficient (Wildman–Crippen LogP) is 0.466. The Morgan fingerprint density at radius 1 is 1.31 bits per heavy atom. The van der Waals surface area contributed by atoms with Crippen LogP contribution in [0.3, 0.4) is 0 Å². The van der Waals surface area contributed by atoms with Gasteiger partial charge in [-0.3, -0.25) is 9.59 Å². The molecule has 0 aliphatic rings. The third kappa shape index (κ3) is 5.92. The molecule has 0 rings (SSSR count). The first-order valence-electron chi connectivity index (χ1n) is 4.59. The summed E-state index contributed by atoms with van der Waals surface area (Å²) in [6.45, 7) is 4.83. The topological polar surface area (TPSA) is 101 Å². The Morgan fingerprint density at radius 3 is 2.25 bits per heavy atom. The Labute approximate surface area is 92.5 Å². The summed E-state index contributed by atoms with van der Waals surface area (Å²) in [5.74, 6) is -2.86. The van der Waals surface area contributed by atoms with Crippen molar-refractivity contribution in [2.45, 2.75) is 25.9 Å². The van der Waals surface area contributed by atoms with Crippen molar-refractivity contribution in [2.75, 3.05) is 6.61 Å². The monoisotopic (exact) mass is 230 g/mol. The van der Waals surface area contributed by atoms with Crippen molar-refractivity contribution in [2.24, 2.45) is 0 Å². The highest BCUT2D eigenvalue weighted by atomic mass is 16.5. The van der Waals surface area contributed by atoms with Gasteiger partial charge in [-0.25, -0.2) is 4.79 Å². The summed E-state index contributed by atoms with van der Waals surface area (Å²) in [7, 11) is 0. The van der Waals surface area contributed by atoms with Gasteiger partial charge in [-0.2, -0.15) is 0 Å². The van der Waals surface area contributed by atoms with Crippen molar-refractivity contribution in [1.82, 2.24) is 0 Å². The third-order valence-corrected chi connectivity index (χ3v) is 1.76. The fourth-order valence-electron chi connectivity index (χ4n) is 0.883. The number of hydrogen-bond acceptors (Lipinski definition) is 4. The van der Waals surface area contributed by atoms with Crippen molar-refractivity contribution in [1.29, 1.82) is 0 Å². The van der Waals surface area contributed by atoms with Crippen molar-refractivity contribution < 1.29 is 29.3 Å². The normalized spacial score (nSPS) is 11.8. The van der Waals surface area contributed by atoms with Gasteiger partial charge in [0.15, 0.2) is 11.9 Å². The minimum atomic E-state index is -1.42. The average Bonchev–Trinajstić information content (AvgIpc) is 2.14. The first-order chi connectivity index (χ1) is 7.34. The number of Topliss-reactive ketones (excluding diaryl/α,β-unsaturated/α-hetero) is 1. The smallest absolute Gasteiger partial charge is 0.333 e. The van der Waals surface area contributed by atoms with Crippen LogP contribution in [0.1, 0.15) is 19.8 Å². The van der Waals surface area contributed by atoms with E-state index in [1.165, 1.54) is 6.92 Å². The second-order valence-corrected chi connectivity index (χ2v) is 3.25. The van der Waals surface area contributed by atoms with E-state index in [0.29, 0.717) is 5.57 Å². The van der Waals surface area contributed by atoms with Crippen LogP contribution in [0.2, 0.25) is 0 Å². The SMILES string of the molecule is C=C(C)C(=O)CCOC(CC(=O)O)C(=O)O. The van der Waals surface area contributed by atoms with Crippen LogP contribution in [0.4, 0.5) is 0 Å². The maximum Gasteiger partial charge on any atom is 0.333 e. The minimum absolute atomic E-state index is 0.00126. The second-order valence-electron chi connectivity index (χ2n) is 3.25. The van der Waals surface area contributed by atoms with Crippen molar-refractivity contribution >= 4 is 17.7 Å². The largest absolute Gasteiger partial charge is 0.481 e. The highest BCUT2D eigenvalue weighted by Crippen LogP contribution is 2.02. The number of carbonyl (C=O) groups is 3. The molecule has 1 unspecified atom stereocenters. The summed E-state index contributed by atoms with van der Waals surface area (Å²) >= 11 is 0. The number of aliphatic carboxylic acids is 2. The van der Waals surface area contributed by atoms with Gasteiger partial charge in [0.2, 0.25) is 0 Å². The van der Waals surface area contributed by atoms with Crippen LogP contribution in [0.15, 0.2) is 12.2 Å². The quantitative estimate of drug-likeness (QED) is 0.587. The molecule has 0 saturated carbocycles. The fraction of sp³-hybridized carbons (Fsp3) is 0.500. The standard InChI is InChI=1S/C10H14O6/c1-6(2)7(11)3-4-16-8(10(14)15)5-9(12)13/h8H,1,3-5H2,2H3,(H,12,13)(H,14,15).